The van der Waals surface area contributed by atoms with Gasteiger partial charge in [-0.3, -0.25) is 18.5 Å². The number of ether oxygens (including phenoxy) is 1. The molecule has 0 fully saturated rings. The molecule has 1 aliphatic rings. The predicted molar refractivity (Wildman–Crippen MR) is 218 cm³/mol. The number of halogens is 2. The molecule has 1 N–H and O–H groups in total. The summed E-state index contributed by atoms with van der Waals surface area (Å²) in [5.41, 5.74) is 4.43. The zero-order chi connectivity index (χ0) is 40.2. The maximum atomic E-state index is 14.8. The second-order valence-electron chi connectivity index (χ2n) is 14.9. The number of pyridine rings is 1. The van der Waals surface area contributed by atoms with Crippen molar-refractivity contribution >= 4 is 38.3 Å². The molecule has 14 heteroatoms. The highest BCUT2D eigenvalue weighted by atomic mass is 32.2. The molecule has 5 rings (SSSR count). The van der Waals surface area contributed by atoms with E-state index >= 15 is 0 Å². The maximum absolute atomic E-state index is 14.8. The minimum absolute atomic E-state index is 0.00198. The van der Waals surface area contributed by atoms with E-state index in [9.17, 15) is 26.8 Å². The molecule has 0 spiro atoms. The van der Waals surface area contributed by atoms with Crippen LogP contribution in [-0.2, 0) is 39.1 Å². The monoisotopic (exact) mass is 797 g/mol. The lowest BCUT2D eigenvalue weighted by Gasteiger charge is -2.34. The van der Waals surface area contributed by atoms with Crippen molar-refractivity contribution < 1.29 is 30.9 Å². The van der Waals surface area contributed by atoms with E-state index in [-0.39, 0.29) is 30.2 Å². The van der Waals surface area contributed by atoms with Gasteiger partial charge in [0.05, 0.1) is 37.4 Å². The Labute approximate surface area is 329 Å². The van der Waals surface area contributed by atoms with E-state index in [1.807, 2.05) is 24.3 Å². The number of rotatable bonds is 22. The number of nitrogens with zero attached hydrogens (tertiary/aromatic N) is 4. The molecule has 4 aromatic rings. The summed E-state index contributed by atoms with van der Waals surface area (Å²) in [5, 5.41) is 8.15. The summed E-state index contributed by atoms with van der Waals surface area (Å²) < 4.78 is 64.9. The van der Waals surface area contributed by atoms with Gasteiger partial charge in [-0.15, -0.1) is 0 Å². The van der Waals surface area contributed by atoms with Gasteiger partial charge in [-0.1, -0.05) is 64.2 Å². The average Bonchev–Trinajstić information content (AvgIpc) is 3.63. The summed E-state index contributed by atoms with van der Waals surface area (Å²) in [6.07, 6.45) is 16.2. The van der Waals surface area contributed by atoms with Gasteiger partial charge in [0.1, 0.15) is 12.3 Å². The third kappa shape index (κ3) is 11.6. The van der Waals surface area contributed by atoms with E-state index in [1.54, 1.807) is 44.1 Å². The van der Waals surface area contributed by atoms with Crippen molar-refractivity contribution in [1.82, 2.24) is 19.7 Å². The summed E-state index contributed by atoms with van der Waals surface area (Å²) in [4.78, 5) is 27.5. The van der Waals surface area contributed by atoms with Crippen LogP contribution in [0.3, 0.4) is 0 Å². The minimum Gasteiger partial charge on any atom is -0.497 e. The van der Waals surface area contributed by atoms with E-state index in [1.165, 1.54) is 36.8 Å². The number of carbonyl (C=O) groups excluding carboxylic acids is 1. The third-order valence-corrected chi connectivity index (χ3v) is 11.1. The van der Waals surface area contributed by atoms with Crippen LogP contribution in [0.5, 0.6) is 5.75 Å². The molecule has 56 heavy (non-hydrogen) atoms. The fourth-order valence-corrected chi connectivity index (χ4v) is 7.99. The number of aromatic nitrogens is 3. The first-order chi connectivity index (χ1) is 26.9. The second-order valence-corrected chi connectivity index (χ2v) is 16.6. The number of aryl methyl sites for hydroxylation is 3. The molecule has 11 nitrogen and oxygen atoms in total. The largest absolute Gasteiger partial charge is 0.497 e. The van der Waals surface area contributed by atoms with E-state index < -0.39 is 16.5 Å². The van der Waals surface area contributed by atoms with Gasteiger partial charge in [0.15, 0.2) is 0 Å². The lowest BCUT2D eigenvalue weighted by Crippen LogP contribution is -2.28. The number of hydrogen-bond donors (Lipinski definition) is 1. The number of methoxy groups -OCH3 is 1. The number of carbonyl (C=O) groups is 1. The highest BCUT2D eigenvalue weighted by Crippen LogP contribution is 2.44. The van der Waals surface area contributed by atoms with Crippen LogP contribution < -0.4 is 20.5 Å². The molecule has 0 radical (unpaired) electrons. The Bertz CT molecular complexity index is 2120. The number of alkyl halides is 2. The minimum atomic E-state index is -3.33. The number of nitrogens with one attached hydrogen (secondary N) is 1. The van der Waals surface area contributed by atoms with Gasteiger partial charge in [-0.05, 0) is 61.9 Å². The first kappa shape index (κ1) is 42.8. The summed E-state index contributed by atoms with van der Waals surface area (Å²) in [6.45, 7) is 3.25. The van der Waals surface area contributed by atoms with Crippen molar-refractivity contribution in [1.29, 1.82) is 0 Å². The van der Waals surface area contributed by atoms with Gasteiger partial charge in [-0.25, -0.2) is 8.78 Å². The van der Waals surface area contributed by atoms with Gasteiger partial charge in [0.2, 0.25) is 5.91 Å². The SMILES string of the molecule is COc1cc(N2CCCc3cc(-c4cnn(CC(=O)NCCCCCCCCCCCCCCOS(C)(=O)=O)c4)c(C(F)F)cc32)c2cc(C)c(=O)n(C)c2c1. The lowest BCUT2D eigenvalue weighted by molar-refractivity contribution is -0.121. The summed E-state index contributed by atoms with van der Waals surface area (Å²) >= 11 is 0. The maximum Gasteiger partial charge on any atom is 0.264 e. The van der Waals surface area contributed by atoms with Crippen molar-refractivity contribution in [3.05, 3.63) is 69.8 Å². The van der Waals surface area contributed by atoms with Crippen molar-refractivity contribution in [2.24, 2.45) is 7.05 Å². The van der Waals surface area contributed by atoms with E-state index in [2.05, 4.69) is 15.3 Å². The van der Waals surface area contributed by atoms with Crippen LogP contribution in [0.15, 0.2) is 47.5 Å². The Morgan fingerprint density at radius 1 is 0.929 bits per heavy atom. The molecule has 0 saturated heterocycles. The molecular formula is C42H57F2N5O6S. The van der Waals surface area contributed by atoms with E-state index in [4.69, 9.17) is 8.92 Å². The molecule has 0 atom stereocenters. The Morgan fingerprint density at radius 3 is 2.23 bits per heavy atom. The number of amides is 1. The van der Waals surface area contributed by atoms with Crippen molar-refractivity contribution in [3.63, 3.8) is 0 Å². The summed E-state index contributed by atoms with van der Waals surface area (Å²) in [6, 6.07) is 8.98. The molecule has 2 aromatic heterocycles. The number of benzene rings is 2. The van der Waals surface area contributed by atoms with Crippen LogP contribution in [-0.4, -0.2) is 61.7 Å². The highest BCUT2D eigenvalue weighted by Gasteiger charge is 2.27. The van der Waals surface area contributed by atoms with Crippen molar-refractivity contribution in [3.8, 4) is 16.9 Å². The number of unbranched alkanes of at least 4 members (excludes halogenated alkanes) is 11. The Hall–Kier alpha value is -4.30. The zero-order valence-corrected chi connectivity index (χ0v) is 34.1. The van der Waals surface area contributed by atoms with Gasteiger partial charge in [0.25, 0.3) is 22.1 Å². The fourth-order valence-electron chi connectivity index (χ4n) is 7.57. The molecule has 1 amide bonds. The Morgan fingerprint density at radius 2 is 1.59 bits per heavy atom. The molecular weight excluding hydrogens is 741 g/mol. The van der Waals surface area contributed by atoms with Crippen LogP contribution in [0.25, 0.3) is 22.0 Å². The molecule has 0 bridgehead atoms. The van der Waals surface area contributed by atoms with Gasteiger partial charge in [0, 0.05) is 66.2 Å². The molecule has 2 aromatic carbocycles. The first-order valence-corrected chi connectivity index (χ1v) is 21.7. The quantitative estimate of drug-likeness (QED) is 0.0620. The van der Waals surface area contributed by atoms with Gasteiger partial charge >= 0.3 is 0 Å². The molecule has 0 saturated carbocycles. The second kappa shape index (κ2) is 20.2. The van der Waals surface area contributed by atoms with E-state index in [0.29, 0.717) is 53.2 Å². The fraction of sp³-hybridized carbons (Fsp3) is 0.548. The molecule has 0 unspecified atom stereocenters. The summed E-state index contributed by atoms with van der Waals surface area (Å²) in [5.74, 6) is 0.401. The number of hydrogen-bond acceptors (Lipinski definition) is 8. The van der Waals surface area contributed by atoms with Crippen molar-refractivity contribution in [2.45, 2.75) is 110 Å². The zero-order valence-electron chi connectivity index (χ0n) is 33.2. The van der Waals surface area contributed by atoms with Gasteiger partial charge < -0.3 is 19.5 Å². The van der Waals surface area contributed by atoms with Crippen LogP contribution in [0.4, 0.5) is 20.2 Å². The smallest absolute Gasteiger partial charge is 0.264 e. The van der Waals surface area contributed by atoms with Gasteiger partial charge in [-0.2, -0.15) is 13.5 Å². The molecule has 306 valence electrons. The molecule has 0 aliphatic carbocycles. The number of anilines is 2. The van der Waals surface area contributed by atoms with Crippen molar-refractivity contribution in [2.75, 3.05) is 38.0 Å². The molecule has 1 aliphatic heterocycles. The Balaban J connectivity index is 1.10. The normalized spacial score (nSPS) is 13.1. The van der Waals surface area contributed by atoms with E-state index in [0.717, 1.165) is 74.3 Å². The van der Waals surface area contributed by atoms with Crippen LogP contribution in [0, 0.1) is 6.92 Å². The Kier molecular flexibility index (Phi) is 15.5. The van der Waals surface area contributed by atoms with Crippen LogP contribution in [0.2, 0.25) is 0 Å². The standard InChI is InChI=1S/C42H57F2N5O6S/c1-30-22-36-38(47(2)42(30)51)24-33(54-3)25-39(36)49-20-17-18-31-23-34(35(41(43)44)26-37(31)49)32-27-46-48(28-32)29-40(50)45-19-15-13-11-9-7-5-6-8-10-12-14-16-21-55-56(4,52)53/h22-28,41H,5-21,29H2,1-4H3,(H,45,50). The predicted octanol–water partition coefficient (Wildman–Crippen LogP) is 8.51. The highest BCUT2D eigenvalue weighted by molar-refractivity contribution is 7.85. The van der Waals surface area contributed by atoms with Crippen LogP contribution in [0.1, 0.15) is 107 Å². The average molecular weight is 798 g/mol. The third-order valence-electron chi connectivity index (χ3n) is 10.5. The molecule has 3 heterocycles. The topological polar surface area (TPSA) is 125 Å². The lowest BCUT2D eigenvalue weighted by atomic mass is 9.92. The first-order valence-electron chi connectivity index (χ1n) is 19.9. The number of fused-ring (bicyclic) bond motifs is 2. The summed E-state index contributed by atoms with van der Waals surface area (Å²) in [7, 11) is -0.0424. The van der Waals surface area contributed by atoms with Crippen LogP contribution >= 0.6 is 0 Å².